The molecule has 2 unspecified atom stereocenters. The van der Waals surface area contributed by atoms with Crippen molar-refractivity contribution in [3.8, 4) is 0 Å². The Morgan fingerprint density at radius 2 is 1.70 bits per heavy atom. The first-order valence-corrected chi connectivity index (χ1v) is 11.0. The molecule has 0 radical (unpaired) electrons. The van der Waals surface area contributed by atoms with Crippen molar-refractivity contribution in [2.24, 2.45) is 0 Å². The molecule has 2 atom stereocenters. The number of likely N-dealkylation sites (N-methyl/N-ethyl adjacent to an activating group) is 1. The molecule has 2 aromatic rings. The lowest BCUT2D eigenvalue weighted by atomic mass is 9.97. The third-order valence-electron chi connectivity index (χ3n) is 5.16. The first kappa shape index (κ1) is 21.9. The molecule has 3 rings (SSSR count). The molecule has 27 heavy (non-hydrogen) atoms. The van der Waals surface area contributed by atoms with E-state index in [4.69, 9.17) is 0 Å². The molecule has 0 spiro atoms. The molecule has 1 fully saturated rings. The molecular weight excluding hydrogens is 380 g/mol. The minimum atomic E-state index is -3.17. The standard InChI is InChI=1S/C21H28N2O2S.ClH/c1-3-26(24,25)20-13-11-18(12-14-20)21(17-8-5-4-6-9-17)23(2)16-19-10-7-15-22-19;/h4-6,8-9,11-14,19,21-22H,3,7,10,15-16H2,1-2H3;1H. The second-order valence-electron chi connectivity index (χ2n) is 7.02. The van der Waals surface area contributed by atoms with Gasteiger partial charge in [0.25, 0.3) is 0 Å². The minimum Gasteiger partial charge on any atom is -0.313 e. The number of nitrogens with one attached hydrogen (secondary N) is 1. The Bertz CT molecular complexity index is 804. The van der Waals surface area contributed by atoms with Crippen molar-refractivity contribution in [3.63, 3.8) is 0 Å². The van der Waals surface area contributed by atoms with Crippen molar-refractivity contribution in [1.29, 1.82) is 0 Å². The van der Waals surface area contributed by atoms with Gasteiger partial charge in [0.15, 0.2) is 9.84 Å². The second kappa shape index (κ2) is 9.69. The van der Waals surface area contributed by atoms with Gasteiger partial charge in [0.2, 0.25) is 0 Å². The summed E-state index contributed by atoms with van der Waals surface area (Å²) >= 11 is 0. The molecule has 1 saturated heterocycles. The van der Waals surface area contributed by atoms with Gasteiger partial charge in [-0.15, -0.1) is 12.4 Å². The second-order valence-corrected chi connectivity index (χ2v) is 9.30. The van der Waals surface area contributed by atoms with Crippen molar-refractivity contribution >= 4 is 22.2 Å². The van der Waals surface area contributed by atoms with Crippen LogP contribution in [0.15, 0.2) is 59.5 Å². The van der Waals surface area contributed by atoms with Crippen molar-refractivity contribution in [2.75, 3.05) is 25.9 Å². The number of benzene rings is 2. The van der Waals surface area contributed by atoms with E-state index in [1.807, 2.05) is 18.2 Å². The molecule has 2 aromatic carbocycles. The molecular formula is C21H29ClN2O2S. The average Bonchev–Trinajstić information content (AvgIpc) is 3.16. The van der Waals surface area contributed by atoms with Crippen LogP contribution in [0.3, 0.4) is 0 Å². The highest BCUT2D eigenvalue weighted by molar-refractivity contribution is 7.91. The molecule has 1 N–H and O–H groups in total. The normalized spacial score (nSPS) is 18.3. The van der Waals surface area contributed by atoms with Gasteiger partial charge in [-0.1, -0.05) is 49.4 Å². The largest absolute Gasteiger partial charge is 0.313 e. The van der Waals surface area contributed by atoms with Gasteiger partial charge < -0.3 is 5.32 Å². The maximum absolute atomic E-state index is 12.1. The van der Waals surface area contributed by atoms with Gasteiger partial charge in [-0.3, -0.25) is 4.90 Å². The van der Waals surface area contributed by atoms with Crippen LogP contribution in [-0.4, -0.2) is 45.2 Å². The molecule has 0 saturated carbocycles. The highest BCUT2D eigenvalue weighted by Gasteiger charge is 2.24. The monoisotopic (exact) mass is 408 g/mol. The summed E-state index contributed by atoms with van der Waals surface area (Å²) < 4.78 is 24.2. The SMILES string of the molecule is CCS(=O)(=O)c1ccc(C(c2ccccc2)N(C)CC2CCCN2)cc1.Cl. The lowest BCUT2D eigenvalue weighted by Gasteiger charge is -2.31. The van der Waals surface area contributed by atoms with Crippen LogP contribution < -0.4 is 5.32 Å². The van der Waals surface area contributed by atoms with E-state index in [1.165, 1.54) is 18.4 Å². The Hall–Kier alpha value is -1.40. The van der Waals surface area contributed by atoms with Crippen LogP contribution >= 0.6 is 12.4 Å². The maximum atomic E-state index is 12.1. The topological polar surface area (TPSA) is 49.4 Å². The lowest BCUT2D eigenvalue weighted by Crippen LogP contribution is -2.37. The summed E-state index contributed by atoms with van der Waals surface area (Å²) in [5.74, 6) is 0.127. The Labute approximate surface area is 169 Å². The molecule has 0 aliphatic carbocycles. The van der Waals surface area contributed by atoms with Crippen molar-refractivity contribution in [3.05, 3.63) is 65.7 Å². The number of hydrogen-bond acceptors (Lipinski definition) is 4. The molecule has 148 valence electrons. The zero-order valence-corrected chi connectivity index (χ0v) is 17.6. The van der Waals surface area contributed by atoms with E-state index in [-0.39, 0.29) is 24.2 Å². The Balaban J connectivity index is 0.00000261. The number of rotatable bonds is 7. The van der Waals surface area contributed by atoms with E-state index in [1.54, 1.807) is 19.1 Å². The molecule has 0 amide bonds. The number of sulfone groups is 1. The fourth-order valence-electron chi connectivity index (χ4n) is 3.73. The third-order valence-corrected chi connectivity index (χ3v) is 6.91. The maximum Gasteiger partial charge on any atom is 0.178 e. The van der Waals surface area contributed by atoms with E-state index in [2.05, 4.69) is 41.5 Å². The number of hydrogen-bond donors (Lipinski definition) is 1. The van der Waals surface area contributed by atoms with Crippen LogP contribution in [0.1, 0.15) is 36.9 Å². The molecule has 1 heterocycles. The third kappa shape index (κ3) is 5.32. The summed E-state index contributed by atoms with van der Waals surface area (Å²) in [6, 6.07) is 18.4. The van der Waals surface area contributed by atoms with Gasteiger partial charge in [-0.05, 0) is 49.7 Å². The van der Waals surface area contributed by atoms with E-state index in [9.17, 15) is 8.42 Å². The quantitative estimate of drug-likeness (QED) is 0.759. The summed E-state index contributed by atoms with van der Waals surface area (Å²) in [5, 5.41) is 3.56. The van der Waals surface area contributed by atoms with Gasteiger partial charge in [-0.2, -0.15) is 0 Å². The van der Waals surface area contributed by atoms with Crippen LogP contribution in [0, 0.1) is 0 Å². The molecule has 1 aliphatic heterocycles. The lowest BCUT2D eigenvalue weighted by molar-refractivity contribution is 0.253. The van der Waals surface area contributed by atoms with Gasteiger partial charge in [0, 0.05) is 12.6 Å². The molecule has 1 aliphatic rings. The first-order chi connectivity index (χ1) is 12.5. The molecule has 6 heteroatoms. The summed E-state index contributed by atoms with van der Waals surface area (Å²) in [6.45, 7) is 3.74. The zero-order valence-electron chi connectivity index (χ0n) is 16.0. The summed E-state index contributed by atoms with van der Waals surface area (Å²) in [4.78, 5) is 2.76. The highest BCUT2D eigenvalue weighted by Crippen LogP contribution is 2.29. The van der Waals surface area contributed by atoms with Crippen molar-refractivity contribution in [2.45, 2.75) is 36.7 Å². The zero-order chi connectivity index (χ0) is 18.6. The van der Waals surface area contributed by atoms with Gasteiger partial charge >= 0.3 is 0 Å². The van der Waals surface area contributed by atoms with Crippen LogP contribution in [0.4, 0.5) is 0 Å². The fourth-order valence-corrected chi connectivity index (χ4v) is 4.61. The summed E-state index contributed by atoms with van der Waals surface area (Å²) in [5.41, 5.74) is 2.34. The van der Waals surface area contributed by atoms with E-state index < -0.39 is 9.84 Å². The van der Waals surface area contributed by atoms with Crippen LogP contribution in [0.2, 0.25) is 0 Å². The Morgan fingerprint density at radius 3 is 2.26 bits per heavy atom. The predicted molar refractivity (Wildman–Crippen MR) is 113 cm³/mol. The number of halogens is 1. The Kier molecular flexibility index (Phi) is 7.86. The minimum absolute atomic E-state index is 0. The molecule has 4 nitrogen and oxygen atoms in total. The Morgan fingerprint density at radius 1 is 1.07 bits per heavy atom. The van der Waals surface area contributed by atoms with Crippen LogP contribution in [0.25, 0.3) is 0 Å². The van der Waals surface area contributed by atoms with Crippen molar-refractivity contribution in [1.82, 2.24) is 10.2 Å². The fraction of sp³-hybridized carbons (Fsp3) is 0.429. The van der Waals surface area contributed by atoms with E-state index in [0.717, 1.165) is 18.7 Å². The van der Waals surface area contributed by atoms with Gasteiger partial charge in [0.1, 0.15) is 0 Å². The highest BCUT2D eigenvalue weighted by atomic mass is 35.5. The smallest absolute Gasteiger partial charge is 0.178 e. The molecule has 0 aromatic heterocycles. The summed E-state index contributed by atoms with van der Waals surface area (Å²) in [7, 11) is -1.02. The van der Waals surface area contributed by atoms with Crippen molar-refractivity contribution < 1.29 is 8.42 Å². The van der Waals surface area contributed by atoms with E-state index >= 15 is 0 Å². The summed E-state index contributed by atoms with van der Waals surface area (Å²) in [6.07, 6.45) is 2.44. The van der Waals surface area contributed by atoms with Gasteiger partial charge in [-0.25, -0.2) is 8.42 Å². The molecule has 0 bridgehead atoms. The van der Waals surface area contributed by atoms with E-state index in [0.29, 0.717) is 10.9 Å². The van der Waals surface area contributed by atoms with Gasteiger partial charge in [0.05, 0.1) is 16.7 Å². The van der Waals surface area contributed by atoms with Crippen LogP contribution in [-0.2, 0) is 9.84 Å². The predicted octanol–water partition coefficient (Wildman–Crippen LogP) is 3.68. The first-order valence-electron chi connectivity index (χ1n) is 9.32. The number of nitrogens with zero attached hydrogens (tertiary/aromatic N) is 1. The van der Waals surface area contributed by atoms with Crippen LogP contribution in [0.5, 0.6) is 0 Å². The average molecular weight is 409 g/mol.